The molecule has 0 bridgehead atoms. The predicted octanol–water partition coefficient (Wildman–Crippen LogP) is 3.40. The first-order valence-electron chi connectivity index (χ1n) is 6.92. The first kappa shape index (κ1) is 14.8. The highest BCUT2D eigenvalue weighted by Gasteiger charge is 2.38. The molecule has 0 unspecified atom stereocenters. The van der Waals surface area contributed by atoms with Crippen LogP contribution in [0.1, 0.15) is 45.4 Å². The first-order valence-corrected chi connectivity index (χ1v) is 8.46. The summed E-state index contributed by atoms with van der Waals surface area (Å²) in [6.07, 6.45) is 5.11. The molecule has 19 heavy (non-hydrogen) atoms. The van der Waals surface area contributed by atoms with Crippen molar-refractivity contribution in [3.8, 4) is 0 Å². The summed E-state index contributed by atoms with van der Waals surface area (Å²) in [6, 6.07) is 0. The van der Waals surface area contributed by atoms with Crippen LogP contribution in [0.5, 0.6) is 0 Å². The Hall–Kier alpha value is -0.640. The van der Waals surface area contributed by atoms with Crippen molar-refractivity contribution in [2.75, 3.05) is 19.8 Å². The molecule has 1 aliphatic heterocycles. The summed E-state index contributed by atoms with van der Waals surface area (Å²) < 4.78 is 28.2. The van der Waals surface area contributed by atoms with Crippen LogP contribution in [-0.2, 0) is 23.1 Å². The SMILES string of the molecule is CCOC(=O)CC(=C1CCCCC1)P1(=O)OCCO1. The van der Waals surface area contributed by atoms with Crippen molar-refractivity contribution >= 4 is 13.6 Å². The van der Waals surface area contributed by atoms with Gasteiger partial charge in [0, 0.05) is 0 Å². The van der Waals surface area contributed by atoms with Crippen LogP contribution in [0.3, 0.4) is 0 Å². The smallest absolute Gasteiger partial charge is 0.358 e. The summed E-state index contributed by atoms with van der Waals surface area (Å²) in [5.41, 5.74) is 1.07. The van der Waals surface area contributed by atoms with Gasteiger partial charge in [-0.2, -0.15) is 0 Å². The Morgan fingerprint density at radius 1 is 1.21 bits per heavy atom. The molecule has 0 radical (unpaired) electrons. The van der Waals surface area contributed by atoms with E-state index in [1.54, 1.807) is 6.92 Å². The fourth-order valence-electron chi connectivity index (χ4n) is 2.54. The highest BCUT2D eigenvalue weighted by atomic mass is 31.2. The monoisotopic (exact) mass is 288 g/mol. The molecule has 6 heteroatoms. The van der Waals surface area contributed by atoms with Crippen molar-refractivity contribution in [2.45, 2.75) is 45.4 Å². The number of esters is 1. The predicted molar refractivity (Wildman–Crippen MR) is 70.9 cm³/mol. The van der Waals surface area contributed by atoms with E-state index in [-0.39, 0.29) is 12.4 Å². The van der Waals surface area contributed by atoms with Crippen LogP contribution >= 0.6 is 7.60 Å². The molecule has 1 heterocycles. The molecule has 1 aliphatic carbocycles. The van der Waals surface area contributed by atoms with E-state index in [9.17, 15) is 9.36 Å². The first-order chi connectivity index (χ1) is 9.15. The zero-order chi connectivity index (χ0) is 13.7. The second-order valence-corrected chi connectivity index (χ2v) is 6.81. The van der Waals surface area contributed by atoms with Gasteiger partial charge in [0.15, 0.2) is 0 Å². The van der Waals surface area contributed by atoms with Crippen molar-refractivity contribution in [3.63, 3.8) is 0 Å². The summed E-state index contributed by atoms with van der Waals surface area (Å²) in [4.78, 5) is 11.7. The van der Waals surface area contributed by atoms with Gasteiger partial charge in [-0.15, -0.1) is 0 Å². The third-order valence-corrected chi connectivity index (χ3v) is 5.60. The lowest BCUT2D eigenvalue weighted by molar-refractivity contribution is -0.142. The number of hydrogen-bond donors (Lipinski definition) is 0. The maximum atomic E-state index is 12.6. The summed E-state index contributed by atoms with van der Waals surface area (Å²) in [5, 5.41) is 0.558. The molecule has 0 aromatic heterocycles. The summed E-state index contributed by atoms with van der Waals surface area (Å²) in [5.74, 6) is -0.357. The molecule has 2 fully saturated rings. The van der Waals surface area contributed by atoms with E-state index in [0.717, 1.165) is 31.3 Å². The van der Waals surface area contributed by atoms with Crippen molar-refractivity contribution < 1.29 is 23.1 Å². The molecule has 0 spiro atoms. The molecule has 1 saturated carbocycles. The standard InChI is InChI=1S/C13H21O5P/c1-2-16-13(14)10-12(11-6-4-3-5-7-11)19(15)17-8-9-18-19/h2-10H2,1H3. The van der Waals surface area contributed by atoms with Gasteiger partial charge in [0.05, 0.1) is 31.6 Å². The van der Waals surface area contributed by atoms with E-state index in [1.807, 2.05) is 0 Å². The third-order valence-electron chi connectivity index (χ3n) is 3.42. The molecule has 1 saturated heterocycles. The fourth-order valence-corrected chi connectivity index (χ4v) is 4.49. The lowest BCUT2D eigenvalue weighted by Crippen LogP contribution is -2.09. The fraction of sp³-hybridized carbons (Fsp3) is 0.769. The van der Waals surface area contributed by atoms with E-state index in [1.165, 1.54) is 6.42 Å². The molecule has 0 atom stereocenters. The second kappa shape index (κ2) is 6.69. The van der Waals surface area contributed by atoms with Gasteiger partial charge in [0.1, 0.15) is 0 Å². The van der Waals surface area contributed by atoms with Crippen LogP contribution in [0.15, 0.2) is 10.9 Å². The maximum Gasteiger partial charge on any atom is 0.358 e. The van der Waals surface area contributed by atoms with Crippen LogP contribution in [0.4, 0.5) is 0 Å². The van der Waals surface area contributed by atoms with E-state index in [2.05, 4.69) is 0 Å². The van der Waals surface area contributed by atoms with E-state index in [4.69, 9.17) is 13.8 Å². The summed E-state index contributed by atoms with van der Waals surface area (Å²) in [7, 11) is -3.25. The number of allylic oxidation sites excluding steroid dienone is 1. The lowest BCUT2D eigenvalue weighted by atomic mass is 9.94. The minimum atomic E-state index is -3.25. The molecule has 2 rings (SSSR count). The lowest BCUT2D eigenvalue weighted by Gasteiger charge is -2.21. The van der Waals surface area contributed by atoms with Crippen molar-refractivity contribution in [2.24, 2.45) is 0 Å². The zero-order valence-electron chi connectivity index (χ0n) is 11.4. The highest BCUT2D eigenvalue weighted by Crippen LogP contribution is 2.62. The van der Waals surface area contributed by atoms with Crippen LogP contribution in [0.25, 0.3) is 0 Å². The third kappa shape index (κ3) is 3.68. The van der Waals surface area contributed by atoms with Gasteiger partial charge < -0.3 is 13.8 Å². The van der Waals surface area contributed by atoms with Gasteiger partial charge in [-0.25, -0.2) is 0 Å². The van der Waals surface area contributed by atoms with E-state index < -0.39 is 7.60 Å². The zero-order valence-corrected chi connectivity index (χ0v) is 12.2. The molecule has 0 aromatic rings. The average molecular weight is 288 g/mol. The summed E-state index contributed by atoms with van der Waals surface area (Å²) in [6.45, 7) is 2.75. The van der Waals surface area contributed by atoms with Gasteiger partial charge in [0.25, 0.3) is 0 Å². The molecular formula is C13H21O5P. The molecule has 5 nitrogen and oxygen atoms in total. The minimum Gasteiger partial charge on any atom is -0.466 e. The largest absolute Gasteiger partial charge is 0.466 e. The van der Waals surface area contributed by atoms with Gasteiger partial charge in [0.2, 0.25) is 0 Å². The van der Waals surface area contributed by atoms with Crippen LogP contribution in [0.2, 0.25) is 0 Å². The molecule has 0 amide bonds. The van der Waals surface area contributed by atoms with Crippen molar-refractivity contribution in [1.29, 1.82) is 0 Å². The van der Waals surface area contributed by atoms with Gasteiger partial charge >= 0.3 is 13.6 Å². The Balaban J connectivity index is 2.22. The Morgan fingerprint density at radius 2 is 1.84 bits per heavy atom. The molecule has 0 N–H and O–H groups in total. The number of hydrogen-bond acceptors (Lipinski definition) is 5. The van der Waals surface area contributed by atoms with Crippen molar-refractivity contribution in [1.82, 2.24) is 0 Å². The summed E-state index contributed by atoms with van der Waals surface area (Å²) >= 11 is 0. The van der Waals surface area contributed by atoms with Crippen LogP contribution in [-0.4, -0.2) is 25.8 Å². The second-order valence-electron chi connectivity index (χ2n) is 4.76. The Kier molecular flexibility index (Phi) is 5.20. The molecule has 0 aromatic carbocycles. The minimum absolute atomic E-state index is 0.0282. The molecule has 2 aliphatic rings. The van der Waals surface area contributed by atoms with Gasteiger partial charge in [-0.05, 0) is 32.6 Å². The molecule has 108 valence electrons. The van der Waals surface area contributed by atoms with Crippen molar-refractivity contribution in [3.05, 3.63) is 10.9 Å². The Morgan fingerprint density at radius 3 is 2.42 bits per heavy atom. The topological polar surface area (TPSA) is 61.8 Å². The molecular weight excluding hydrogens is 267 g/mol. The van der Waals surface area contributed by atoms with Gasteiger partial charge in [-0.1, -0.05) is 12.0 Å². The van der Waals surface area contributed by atoms with Gasteiger partial charge in [-0.3, -0.25) is 9.36 Å². The van der Waals surface area contributed by atoms with Crippen LogP contribution in [0, 0.1) is 0 Å². The Bertz CT molecular complexity index is 397. The van der Waals surface area contributed by atoms with Crippen LogP contribution < -0.4 is 0 Å². The van der Waals surface area contributed by atoms with E-state index >= 15 is 0 Å². The van der Waals surface area contributed by atoms with E-state index in [0.29, 0.717) is 25.1 Å². The number of ether oxygens (including phenoxy) is 1. The normalized spacial score (nSPS) is 22.3. The number of carbonyl (C=O) groups is 1. The Labute approximate surface area is 113 Å². The quantitative estimate of drug-likeness (QED) is 0.586. The highest BCUT2D eigenvalue weighted by molar-refractivity contribution is 7.58. The average Bonchev–Trinajstić information content (AvgIpc) is 2.85. The number of carbonyl (C=O) groups excluding carboxylic acids is 1. The maximum absolute atomic E-state index is 12.6. The number of rotatable bonds is 4.